The van der Waals surface area contributed by atoms with Gasteiger partial charge in [-0.3, -0.25) is 4.99 Å². The Kier molecular flexibility index (Phi) is 14.8. The number of carbonyl (C=O) groups excluding carboxylic acids is 1. The van der Waals surface area contributed by atoms with Crippen molar-refractivity contribution in [2.24, 2.45) is 22.6 Å². The zero-order valence-corrected chi connectivity index (χ0v) is 28.7. The third-order valence-corrected chi connectivity index (χ3v) is 9.24. The quantitative estimate of drug-likeness (QED) is 0.0218. The molecule has 18 heteroatoms. The maximum atomic E-state index is 13.7. The lowest BCUT2D eigenvalue weighted by Crippen LogP contribution is -2.68. The van der Waals surface area contributed by atoms with E-state index in [1.54, 1.807) is 17.1 Å². The number of carbonyl (C=O) groups is 2. The van der Waals surface area contributed by atoms with E-state index in [9.17, 15) is 45.3 Å². The van der Waals surface area contributed by atoms with Crippen LogP contribution < -0.4 is 11.1 Å². The smallest absolute Gasteiger partial charge is 0.339 e. The average molecular weight is 739 g/mol. The van der Waals surface area contributed by atoms with E-state index in [4.69, 9.17) is 29.8 Å². The zero-order chi connectivity index (χ0) is 38.0. The van der Waals surface area contributed by atoms with Crippen LogP contribution in [0.1, 0.15) is 38.5 Å². The molecule has 0 aromatic carbocycles. The number of rotatable bonds is 15. The molecule has 3 heterocycles. The zero-order valence-electron chi connectivity index (χ0n) is 28.7. The van der Waals surface area contributed by atoms with Gasteiger partial charge in [0.25, 0.3) is 0 Å². The number of aliphatic hydroxyl groups excluding tert-OH is 5. The number of guanidine groups is 1. The molecule has 18 nitrogen and oxygen atoms in total. The molecule has 2 fully saturated rings. The Morgan fingerprint density at radius 3 is 2.48 bits per heavy atom. The number of carboxylic acids is 1. The maximum Gasteiger partial charge on any atom is 0.339 e. The highest BCUT2D eigenvalue weighted by atomic mass is 16.8. The number of nitrogens with two attached hydrogens (primary N) is 1. The number of aliphatic hydroxyl groups is 7. The molecule has 7 atom stereocenters. The lowest BCUT2D eigenvalue weighted by Gasteiger charge is -2.46. The van der Waals surface area contributed by atoms with Gasteiger partial charge in [0.15, 0.2) is 18.4 Å². The first kappa shape index (κ1) is 40.9. The van der Waals surface area contributed by atoms with Crippen LogP contribution in [-0.2, 0) is 28.5 Å². The molecule has 0 aromatic rings. The molecule has 0 amide bonds. The van der Waals surface area contributed by atoms with Crippen molar-refractivity contribution in [1.29, 1.82) is 0 Å². The minimum Gasteiger partial charge on any atom is -0.478 e. The van der Waals surface area contributed by atoms with Crippen molar-refractivity contribution < 1.29 is 69.4 Å². The van der Waals surface area contributed by atoms with Gasteiger partial charge in [-0.25, -0.2) is 9.59 Å². The third kappa shape index (κ3) is 9.77. The van der Waals surface area contributed by atoms with Gasteiger partial charge in [0.2, 0.25) is 12.1 Å². The summed E-state index contributed by atoms with van der Waals surface area (Å²) < 4.78 is 22.9. The predicted molar refractivity (Wildman–Crippen MR) is 181 cm³/mol. The molecule has 1 aliphatic carbocycles. The van der Waals surface area contributed by atoms with Crippen LogP contribution in [0, 0.1) is 11.8 Å². The van der Waals surface area contributed by atoms with E-state index in [0.29, 0.717) is 24.8 Å². The fraction of sp³-hybridized carbons (Fsp3) is 0.618. The number of nitrogens with one attached hydrogen (secondary N) is 1. The summed E-state index contributed by atoms with van der Waals surface area (Å²) in [4.78, 5) is 31.8. The van der Waals surface area contributed by atoms with Crippen molar-refractivity contribution in [3.63, 3.8) is 0 Å². The summed E-state index contributed by atoms with van der Waals surface area (Å²) in [5.41, 5.74) is 6.39. The Labute approximate surface area is 300 Å². The summed E-state index contributed by atoms with van der Waals surface area (Å²) in [5, 5.41) is 83.0. The molecule has 0 spiro atoms. The first-order valence-corrected chi connectivity index (χ1v) is 17.2. The molecule has 0 aromatic heterocycles. The lowest BCUT2D eigenvalue weighted by molar-refractivity contribution is -0.404. The molecule has 7 unspecified atom stereocenters. The van der Waals surface area contributed by atoms with Crippen molar-refractivity contribution in [1.82, 2.24) is 10.2 Å². The van der Waals surface area contributed by atoms with Crippen LogP contribution in [0.2, 0.25) is 0 Å². The summed E-state index contributed by atoms with van der Waals surface area (Å²) in [6.45, 7) is 2.98. The second-order valence-corrected chi connectivity index (χ2v) is 12.9. The van der Waals surface area contributed by atoms with Crippen molar-refractivity contribution in [2.75, 3.05) is 39.5 Å². The standard InChI is InChI=1S/C34H50N4O14/c1-2-21-22(10-9-19-15-38(12-14-40)16-23(29(44)45)26(19)37-33(35)36-11-6-13-39)24(30(46)50-20-7-4-3-5-8-20)18-49-31(21)52-32-28(43)34(47,48)27(42)25(17-41)51-32/h2,9-10,16,18,20-22,25,27-28,31-32,39-43,47-48H,1,3-8,11-15,17H2,(H,44,45)(H3,35,36,37). The number of aliphatic carboxylic acids is 1. The van der Waals surface area contributed by atoms with Crippen LogP contribution in [-0.4, -0.2) is 146 Å². The van der Waals surface area contributed by atoms with Gasteiger partial charge in [0.1, 0.15) is 18.3 Å². The van der Waals surface area contributed by atoms with Crippen molar-refractivity contribution in [3.8, 4) is 0 Å². The minimum atomic E-state index is -3.13. The number of hydrogen-bond donors (Lipinski definition) is 10. The molecular formula is C34H50N4O14. The molecule has 290 valence electrons. The van der Waals surface area contributed by atoms with E-state index in [2.05, 4.69) is 16.9 Å². The van der Waals surface area contributed by atoms with Crippen LogP contribution in [0.3, 0.4) is 0 Å². The SMILES string of the molecule is C=CC1C(OC2OC(CO)C(O)C(O)(O)C2O)OC=C(C(=O)OC2CCCCC2)C1C=CC1=C(NC(N)=NCCCO)C(C(=O)O)=CN(CCO)C1. The first-order chi connectivity index (χ1) is 24.9. The number of β-amino-alcohol motifs (C(OH)–C–C–N with tert-alkyl or cyclic N) is 1. The highest BCUT2D eigenvalue weighted by Gasteiger charge is 2.56. The molecule has 52 heavy (non-hydrogen) atoms. The highest BCUT2D eigenvalue weighted by molar-refractivity contribution is 5.95. The third-order valence-electron chi connectivity index (χ3n) is 9.24. The van der Waals surface area contributed by atoms with E-state index < -0.39 is 67.1 Å². The van der Waals surface area contributed by atoms with E-state index in [1.165, 1.54) is 12.3 Å². The molecule has 0 bridgehead atoms. The lowest BCUT2D eigenvalue weighted by atomic mass is 9.83. The van der Waals surface area contributed by atoms with Gasteiger partial charge < -0.3 is 75.8 Å². The van der Waals surface area contributed by atoms with Crippen LogP contribution in [0.15, 0.2) is 64.7 Å². The van der Waals surface area contributed by atoms with E-state index in [1.807, 2.05) is 0 Å². The number of aliphatic imine (C=N–C) groups is 1. The second kappa shape index (κ2) is 18.8. The minimum absolute atomic E-state index is 0.0521. The van der Waals surface area contributed by atoms with E-state index in [0.717, 1.165) is 25.5 Å². The van der Waals surface area contributed by atoms with Gasteiger partial charge in [-0.2, -0.15) is 0 Å². The average Bonchev–Trinajstić information content (AvgIpc) is 3.12. The number of esters is 1. The Hall–Kier alpha value is -3.85. The summed E-state index contributed by atoms with van der Waals surface area (Å²) in [5.74, 6) is -7.12. The number of hydrogen-bond acceptors (Lipinski definition) is 15. The molecule has 0 radical (unpaired) electrons. The molecule has 1 saturated carbocycles. The normalized spacial score (nSPS) is 30.0. The fourth-order valence-electron chi connectivity index (χ4n) is 6.38. The Morgan fingerprint density at radius 1 is 1.12 bits per heavy atom. The maximum absolute atomic E-state index is 13.7. The highest BCUT2D eigenvalue weighted by Crippen LogP contribution is 2.38. The van der Waals surface area contributed by atoms with Gasteiger partial charge in [0, 0.05) is 38.4 Å². The summed E-state index contributed by atoms with van der Waals surface area (Å²) in [7, 11) is 0. The second-order valence-electron chi connectivity index (χ2n) is 12.9. The first-order valence-electron chi connectivity index (χ1n) is 17.2. The van der Waals surface area contributed by atoms with Gasteiger partial charge in [-0.15, -0.1) is 6.58 Å². The van der Waals surface area contributed by atoms with Crippen LogP contribution >= 0.6 is 0 Å². The van der Waals surface area contributed by atoms with E-state index in [-0.39, 0.29) is 61.8 Å². The Morgan fingerprint density at radius 2 is 1.85 bits per heavy atom. The fourth-order valence-corrected chi connectivity index (χ4v) is 6.38. The summed E-state index contributed by atoms with van der Waals surface area (Å²) in [6, 6.07) is 0. The largest absolute Gasteiger partial charge is 0.478 e. The molecule has 11 N–H and O–H groups in total. The van der Waals surface area contributed by atoms with Gasteiger partial charge in [-0.1, -0.05) is 24.6 Å². The number of allylic oxidation sites excluding steroid dienone is 1. The molecule has 4 aliphatic rings. The predicted octanol–water partition coefficient (Wildman–Crippen LogP) is -1.97. The van der Waals surface area contributed by atoms with E-state index >= 15 is 0 Å². The summed E-state index contributed by atoms with van der Waals surface area (Å²) >= 11 is 0. The van der Waals surface area contributed by atoms with Crippen molar-refractivity contribution in [2.45, 2.75) is 81.3 Å². The van der Waals surface area contributed by atoms with Crippen LogP contribution in [0.5, 0.6) is 0 Å². The van der Waals surface area contributed by atoms with Crippen molar-refractivity contribution >= 4 is 17.9 Å². The topological polar surface area (TPSA) is 287 Å². The molecular weight excluding hydrogens is 688 g/mol. The van der Waals surface area contributed by atoms with Gasteiger partial charge in [0.05, 0.1) is 42.2 Å². The molecule has 4 rings (SSSR count). The summed E-state index contributed by atoms with van der Waals surface area (Å²) in [6.07, 6.45) is 2.12. The molecule has 1 saturated heterocycles. The number of carboxylic acid groups (broad SMARTS) is 1. The van der Waals surface area contributed by atoms with Gasteiger partial charge in [-0.05, 0) is 37.7 Å². The monoisotopic (exact) mass is 738 g/mol. The van der Waals surface area contributed by atoms with Gasteiger partial charge >= 0.3 is 11.9 Å². The van der Waals surface area contributed by atoms with Crippen molar-refractivity contribution in [3.05, 3.63) is 59.7 Å². The Balaban J connectivity index is 1.74. The van der Waals surface area contributed by atoms with Crippen LogP contribution in [0.25, 0.3) is 0 Å². The Bertz CT molecular complexity index is 1420. The number of ether oxygens (including phenoxy) is 4. The number of nitrogens with zero attached hydrogens (tertiary/aromatic N) is 2. The molecule has 3 aliphatic heterocycles. The van der Waals surface area contributed by atoms with Crippen LogP contribution in [0.4, 0.5) is 0 Å².